The normalized spacial score (nSPS) is 12.7. The van der Waals surface area contributed by atoms with Crippen molar-refractivity contribution in [2.24, 2.45) is 0 Å². The maximum Gasteiger partial charge on any atom is 0.250 e. The van der Waals surface area contributed by atoms with Gasteiger partial charge in [0.15, 0.2) is 11.5 Å². The molecule has 0 fully saturated rings. The third-order valence-electron chi connectivity index (χ3n) is 4.54. The van der Waals surface area contributed by atoms with E-state index in [9.17, 15) is 4.79 Å². The summed E-state index contributed by atoms with van der Waals surface area (Å²) in [6.45, 7) is 1.44. The van der Waals surface area contributed by atoms with Crippen LogP contribution in [0.4, 0.5) is 5.69 Å². The van der Waals surface area contributed by atoms with E-state index in [0.29, 0.717) is 37.1 Å². The molecule has 8 nitrogen and oxygen atoms in total. The fraction of sp³-hybridized carbons (Fsp3) is 0.200. The van der Waals surface area contributed by atoms with E-state index >= 15 is 0 Å². The maximum absolute atomic E-state index is 13.2. The predicted octanol–water partition coefficient (Wildman–Crippen LogP) is 3.47. The summed E-state index contributed by atoms with van der Waals surface area (Å²) in [6.07, 6.45) is 0. The molecule has 1 aromatic carbocycles. The number of fused-ring (bicyclic) bond motifs is 1. The summed E-state index contributed by atoms with van der Waals surface area (Å²) in [5, 5.41) is 18.3. The lowest BCUT2D eigenvalue weighted by molar-refractivity contribution is -0.119. The third kappa shape index (κ3) is 3.91. The van der Waals surface area contributed by atoms with Crippen LogP contribution in [0.15, 0.2) is 52.5 Å². The van der Waals surface area contributed by atoms with Crippen LogP contribution in [0, 0.1) is 0 Å². The number of ether oxygens (including phenoxy) is 2. The van der Waals surface area contributed by atoms with Crippen molar-refractivity contribution in [2.75, 3.05) is 18.1 Å². The number of amides is 1. The lowest BCUT2D eigenvalue weighted by atomic mass is 10.2. The Kier molecular flexibility index (Phi) is 5.16. The highest BCUT2D eigenvalue weighted by molar-refractivity contribution is 7.10. The third-order valence-corrected chi connectivity index (χ3v) is 6.09. The molecule has 152 valence electrons. The Morgan fingerprint density at radius 3 is 2.83 bits per heavy atom. The molecule has 0 aliphatic carbocycles. The van der Waals surface area contributed by atoms with E-state index in [0.717, 1.165) is 16.1 Å². The minimum Gasteiger partial charge on any atom is -0.486 e. The lowest BCUT2D eigenvalue weighted by Crippen LogP contribution is -2.34. The van der Waals surface area contributed by atoms with Crippen molar-refractivity contribution in [1.82, 2.24) is 20.2 Å². The molecule has 0 saturated carbocycles. The largest absolute Gasteiger partial charge is 0.486 e. The number of anilines is 1. The highest BCUT2D eigenvalue weighted by Gasteiger charge is 2.22. The van der Waals surface area contributed by atoms with Crippen LogP contribution < -0.4 is 14.4 Å². The minimum atomic E-state index is -0.144. The fourth-order valence-electron chi connectivity index (χ4n) is 3.11. The number of rotatable bonds is 6. The number of thiophene rings is 2. The first-order valence-electron chi connectivity index (χ1n) is 9.29. The zero-order chi connectivity index (χ0) is 20.3. The second-order valence-electron chi connectivity index (χ2n) is 6.54. The molecule has 1 amide bonds. The van der Waals surface area contributed by atoms with Crippen LogP contribution in [-0.2, 0) is 17.9 Å². The summed E-state index contributed by atoms with van der Waals surface area (Å²) in [5.74, 6) is 1.69. The van der Waals surface area contributed by atoms with Gasteiger partial charge in [0, 0.05) is 27.6 Å². The van der Waals surface area contributed by atoms with Crippen LogP contribution in [0.2, 0.25) is 0 Å². The van der Waals surface area contributed by atoms with Crippen LogP contribution >= 0.6 is 22.7 Å². The molecular weight excluding hydrogens is 422 g/mol. The topological polar surface area (TPSA) is 82.4 Å². The van der Waals surface area contributed by atoms with Gasteiger partial charge in [-0.3, -0.25) is 4.79 Å². The van der Waals surface area contributed by atoms with E-state index in [1.807, 2.05) is 52.5 Å². The zero-order valence-electron chi connectivity index (χ0n) is 15.8. The zero-order valence-corrected chi connectivity index (χ0v) is 17.4. The number of tetrazole rings is 1. The van der Waals surface area contributed by atoms with Gasteiger partial charge in [0.2, 0.25) is 5.82 Å². The molecule has 0 atom stereocenters. The Bertz CT molecular complexity index is 1140. The smallest absolute Gasteiger partial charge is 0.250 e. The molecule has 0 bridgehead atoms. The van der Waals surface area contributed by atoms with Crippen molar-refractivity contribution in [1.29, 1.82) is 0 Å². The molecule has 0 spiro atoms. The van der Waals surface area contributed by atoms with E-state index in [2.05, 4.69) is 15.4 Å². The van der Waals surface area contributed by atoms with Crippen LogP contribution in [0.3, 0.4) is 0 Å². The summed E-state index contributed by atoms with van der Waals surface area (Å²) in [7, 11) is 0. The quantitative estimate of drug-likeness (QED) is 0.458. The van der Waals surface area contributed by atoms with Crippen molar-refractivity contribution >= 4 is 34.3 Å². The Morgan fingerprint density at radius 1 is 1.13 bits per heavy atom. The Hall–Kier alpha value is -3.24. The first kappa shape index (κ1) is 18.8. The molecule has 5 rings (SSSR count). The van der Waals surface area contributed by atoms with Gasteiger partial charge < -0.3 is 14.4 Å². The van der Waals surface area contributed by atoms with Crippen LogP contribution in [0.25, 0.3) is 11.4 Å². The highest BCUT2D eigenvalue weighted by Crippen LogP contribution is 2.34. The Balaban J connectivity index is 1.41. The van der Waals surface area contributed by atoms with Gasteiger partial charge >= 0.3 is 0 Å². The molecule has 0 radical (unpaired) electrons. The molecule has 1 aliphatic heterocycles. The van der Waals surface area contributed by atoms with Crippen LogP contribution in [-0.4, -0.2) is 39.3 Å². The first-order valence-corrected chi connectivity index (χ1v) is 11.1. The molecule has 4 aromatic rings. The molecule has 4 heterocycles. The summed E-state index contributed by atoms with van der Waals surface area (Å²) >= 11 is 3.16. The molecule has 1 aliphatic rings. The summed E-state index contributed by atoms with van der Waals surface area (Å²) in [4.78, 5) is 17.3. The number of aromatic nitrogens is 4. The SMILES string of the molecule is O=C(Cn1nnc(-c2ccsc2)n1)N(Cc1cccs1)c1ccc2c(c1)OCCO2. The molecule has 0 N–H and O–H groups in total. The second kappa shape index (κ2) is 8.25. The number of carbonyl (C=O) groups excluding carboxylic acids is 1. The van der Waals surface area contributed by atoms with Crippen molar-refractivity contribution in [3.8, 4) is 22.9 Å². The minimum absolute atomic E-state index is 0.0169. The average Bonchev–Trinajstić information content (AvgIpc) is 3.54. The molecule has 10 heteroatoms. The van der Waals surface area contributed by atoms with Gasteiger partial charge in [-0.1, -0.05) is 6.07 Å². The van der Waals surface area contributed by atoms with Gasteiger partial charge in [0.05, 0.1) is 6.54 Å². The van der Waals surface area contributed by atoms with Crippen molar-refractivity contribution in [2.45, 2.75) is 13.1 Å². The summed E-state index contributed by atoms with van der Waals surface area (Å²) < 4.78 is 11.3. The second-order valence-corrected chi connectivity index (χ2v) is 8.35. The number of nitrogens with zero attached hydrogens (tertiary/aromatic N) is 5. The van der Waals surface area contributed by atoms with E-state index in [4.69, 9.17) is 9.47 Å². The number of benzene rings is 1. The van der Waals surface area contributed by atoms with Gasteiger partial charge in [-0.25, -0.2) is 0 Å². The number of hydrogen-bond donors (Lipinski definition) is 0. The van der Waals surface area contributed by atoms with Gasteiger partial charge in [-0.15, -0.1) is 21.5 Å². The van der Waals surface area contributed by atoms with E-state index in [1.54, 1.807) is 27.6 Å². The summed E-state index contributed by atoms with van der Waals surface area (Å²) in [5.41, 5.74) is 1.62. The van der Waals surface area contributed by atoms with Gasteiger partial charge in [0.1, 0.15) is 19.8 Å². The molecule has 0 saturated heterocycles. The van der Waals surface area contributed by atoms with Crippen LogP contribution in [0.5, 0.6) is 11.5 Å². The number of hydrogen-bond acceptors (Lipinski definition) is 8. The van der Waals surface area contributed by atoms with Crippen molar-refractivity contribution < 1.29 is 14.3 Å². The predicted molar refractivity (Wildman–Crippen MR) is 114 cm³/mol. The summed E-state index contributed by atoms with van der Waals surface area (Å²) in [6, 6.07) is 11.4. The van der Waals surface area contributed by atoms with Crippen molar-refractivity contribution in [3.63, 3.8) is 0 Å². The van der Waals surface area contributed by atoms with Crippen LogP contribution in [0.1, 0.15) is 4.88 Å². The fourth-order valence-corrected chi connectivity index (χ4v) is 4.43. The van der Waals surface area contributed by atoms with E-state index in [-0.39, 0.29) is 12.5 Å². The van der Waals surface area contributed by atoms with Crippen molar-refractivity contribution in [3.05, 3.63) is 57.4 Å². The molecule has 30 heavy (non-hydrogen) atoms. The Morgan fingerprint density at radius 2 is 2.03 bits per heavy atom. The first-order chi connectivity index (χ1) is 14.8. The van der Waals surface area contributed by atoms with Gasteiger partial charge in [-0.05, 0) is 40.2 Å². The maximum atomic E-state index is 13.2. The standard InChI is InChI=1S/C20H17N5O3S2/c26-19(12-25-22-20(21-23-25)14-5-9-29-13-14)24(11-16-2-1-8-30-16)15-3-4-17-18(10-15)28-7-6-27-17/h1-5,8-10,13H,6-7,11-12H2. The Labute approximate surface area is 180 Å². The molecule has 3 aromatic heterocycles. The molecule has 0 unspecified atom stereocenters. The highest BCUT2D eigenvalue weighted by atomic mass is 32.1. The van der Waals surface area contributed by atoms with Gasteiger partial charge in [-0.2, -0.15) is 16.1 Å². The van der Waals surface area contributed by atoms with Gasteiger partial charge in [0.25, 0.3) is 5.91 Å². The average molecular weight is 440 g/mol. The molecular formula is C20H17N5O3S2. The lowest BCUT2D eigenvalue weighted by Gasteiger charge is -2.25. The monoisotopic (exact) mass is 439 g/mol. The number of carbonyl (C=O) groups is 1. The van der Waals surface area contributed by atoms with E-state index < -0.39 is 0 Å². The van der Waals surface area contributed by atoms with E-state index in [1.165, 1.54) is 4.80 Å².